The molecule has 0 aromatic heterocycles. The number of hydrogen-bond acceptors (Lipinski definition) is 2. The van der Waals surface area contributed by atoms with Gasteiger partial charge in [-0.25, -0.2) is 0 Å². The molecule has 3 heteroatoms. The van der Waals surface area contributed by atoms with Crippen molar-refractivity contribution in [3.63, 3.8) is 0 Å². The van der Waals surface area contributed by atoms with Crippen molar-refractivity contribution in [1.29, 1.82) is 0 Å². The van der Waals surface area contributed by atoms with E-state index in [-0.39, 0.29) is 12.2 Å². The molecule has 12 heavy (non-hydrogen) atoms. The average molecular weight is 190 g/mol. The Morgan fingerprint density at radius 3 is 1.50 bits per heavy atom. The lowest BCUT2D eigenvalue weighted by atomic mass is 10.5. The molecule has 0 aliphatic heterocycles. The fourth-order valence-corrected chi connectivity index (χ4v) is 3.57. The first-order valence-electron chi connectivity index (χ1n) is 4.75. The van der Waals surface area contributed by atoms with E-state index in [1.165, 1.54) is 0 Å². The minimum atomic E-state index is -1.85. The van der Waals surface area contributed by atoms with Crippen LogP contribution in [0, 0.1) is 0 Å². The van der Waals surface area contributed by atoms with Crippen molar-refractivity contribution in [2.45, 2.75) is 59.4 Å². The number of hydrogen-bond donors (Lipinski definition) is 0. The van der Waals surface area contributed by atoms with Crippen molar-refractivity contribution in [2.75, 3.05) is 0 Å². The predicted octanol–water partition coefficient (Wildman–Crippen LogP) is 2.93. The average Bonchev–Trinajstić information content (AvgIpc) is 1.83. The van der Waals surface area contributed by atoms with Gasteiger partial charge in [0.25, 0.3) is 0 Å². The molecule has 0 aromatic carbocycles. The Bertz CT molecular complexity index is 114. The van der Waals surface area contributed by atoms with Crippen LogP contribution in [-0.2, 0) is 8.85 Å². The molecular formula is C9H22O2Si. The van der Waals surface area contributed by atoms with Crippen LogP contribution in [0.4, 0.5) is 0 Å². The van der Waals surface area contributed by atoms with Crippen LogP contribution in [0.15, 0.2) is 0 Å². The van der Waals surface area contributed by atoms with Crippen molar-refractivity contribution in [3.05, 3.63) is 0 Å². The van der Waals surface area contributed by atoms with Gasteiger partial charge in [0.05, 0.1) is 0 Å². The van der Waals surface area contributed by atoms with E-state index < -0.39 is 8.56 Å². The van der Waals surface area contributed by atoms with E-state index in [9.17, 15) is 0 Å². The van der Waals surface area contributed by atoms with E-state index in [0.717, 1.165) is 6.04 Å². The summed E-state index contributed by atoms with van der Waals surface area (Å²) in [7, 11) is -1.85. The summed E-state index contributed by atoms with van der Waals surface area (Å²) in [6.07, 6.45) is 0.556. The molecule has 0 bridgehead atoms. The highest BCUT2D eigenvalue weighted by Crippen LogP contribution is 2.17. The molecule has 0 fully saturated rings. The molecule has 0 atom stereocenters. The zero-order chi connectivity index (χ0) is 9.78. The molecule has 0 radical (unpaired) electrons. The van der Waals surface area contributed by atoms with Gasteiger partial charge in [-0.05, 0) is 40.3 Å². The van der Waals surface area contributed by atoms with Crippen LogP contribution in [0.1, 0.15) is 34.6 Å². The predicted molar refractivity (Wildman–Crippen MR) is 54.5 cm³/mol. The third kappa shape index (κ3) is 4.90. The van der Waals surface area contributed by atoms with Crippen molar-refractivity contribution in [1.82, 2.24) is 0 Å². The summed E-state index contributed by atoms with van der Waals surface area (Å²) in [4.78, 5) is 0. The first-order valence-corrected chi connectivity index (χ1v) is 7.27. The highest BCUT2D eigenvalue weighted by Gasteiger charge is 2.31. The van der Waals surface area contributed by atoms with Gasteiger partial charge >= 0.3 is 8.56 Å². The molecule has 0 saturated heterocycles. The van der Waals surface area contributed by atoms with Gasteiger partial charge in [-0.15, -0.1) is 0 Å². The summed E-state index contributed by atoms with van der Waals surface area (Å²) in [5.74, 6) is 0. The molecular weight excluding hydrogens is 168 g/mol. The quantitative estimate of drug-likeness (QED) is 0.621. The lowest BCUT2D eigenvalue weighted by molar-refractivity contribution is 0.110. The molecule has 0 rings (SSSR count). The summed E-state index contributed by atoms with van der Waals surface area (Å²) in [6, 6.07) is 1.02. The molecule has 0 heterocycles. The van der Waals surface area contributed by atoms with E-state index in [4.69, 9.17) is 8.85 Å². The Morgan fingerprint density at radius 2 is 1.33 bits per heavy atom. The van der Waals surface area contributed by atoms with E-state index in [2.05, 4.69) is 41.2 Å². The van der Waals surface area contributed by atoms with Crippen LogP contribution in [0.25, 0.3) is 0 Å². The Kier molecular flexibility index (Phi) is 5.05. The van der Waals surface area contributed by atoms with E-state index in [0.29, 0.717) is 0 Å². The lowest BCUT2D eigenvalue weighted by Gasteiger charge is -2.29. The van der Waals surface area contributed by atoms with Crippen molar-refractivity contribution in [3.8, 4) is 0 Å². The van der Waals surface area contributed by atoms with Gasteiger partial charge in [0.15, 0.2) is 0 Å². The smallest absolute Gasteiger partial charge is 0.335 e. The van der Waals surface area contributed by atoms with Crippen LogP contribution in [0.3, 0.4) is 0 Å². The second-order valence-electron chi connectivity index (χ2n) is 3.82. The second kappa shape index (κ2) is 4.99. The molecule has 0 saturated carbocycles. The number of rotatable bonds is 5. The maximum Gasteiger partial charge on any atom is 0.335 e. The minimum absolute atomic E-state index is 0.278. The third-order valence-corrected chi connectivity index (χ3v) is 4.84. The Morgan fingerprint density at radius 1 is 1.00 bits per heavy atom. The molecule has 0 aliphatic carbocycles. The fraction of sp³-hybridized carbons (Fsp3) is 1.00. The fourth-order valence-electron chi connectivity index (χ4n) is 1.19. The first kappa shape index (κ1) is 12.1. The summed E-state index contributed by atoms with van der Waals surface area (Å²) >= 11 is 0. The van der Waals surface area contributed by atoms with Gasteiger partial charge < -0.3 is 8.85 Å². The van der Waals surface area contributed by atoms with Crippen LogP contribution in [-0.4, -0.2) is 20.8 Å². The maximum atomic E-state index is 5.81. The molecule has 0 aromatic rings. The Hall–Kier alpha value is 0.137. The molecule has 0 N–H and O–H groups in total. The Labute approximate surface area is 77.5 Å². The van der Waals surface area contributed by atoms with Gasteiger partial charge in [-0.1, -0.05) is 6.92 Å². The topological polar surface area (TPSA) is 18.5 Å². The van der Waals surface area contributed by atoms with Crippen molar-refractivity contribution in [2.24, 2.45) is 0 Å². The maximum absolute atomic E-state index is 5.81. The molecule has 0 amide bonds. The minimum Gasteiger partial charge on any atom is -0.392 e. The van der Waals surface area contributed by atoms with Crippen LogP contribution >= 0.6 is 0 Å². The van der Waals surface area contributed by atoms with Gasteiger partial charge in [0.2, 0.25) is 0 Å². The second-order valence-corrected chi connectivity index (χ2v) is 7.27. The summed E-state index contributed by atoms with van der Waals surface area (Å²) < 4.78 is 11.6. The van der Waals surface area contributed by atoms with Gasteiger partial charge in [0.1, 0.15) is 0 Å². The zero-order valence-electron chi connectivity index (χ0n) is 9.18. The van der Waals surface area contributed by atoms with E-state index in [1.807, 2.05) is 0 Å². The molecule has 0 unspecified atom stereocenters. The van der Waals surface area contributed by atoms with Crippen molar-refractivity contribution >= 4 is 8.56 Å². The lowest BCUT2D eigenvalue weighted by Crippen LogP contribution is -2.42. The Balaban J connectivity index is 4.04. The largest absolute Gasteiger partial charge is 0.392 e. The molecule has 74 valence electrons. The van der Waals surface area contributed by atoms with Gasteiger partial charge in [0, 0.05) is 12.2 Å². The van der Waals surface area contributed by atoms with Gasteiger partial charge in [-0.3, -0.25) is 0 Å². The summed E-state index contributed by atoms with van der Waals surface area (Å²) in [6.45, 7) is 12.5. The zero-order valence-corrected chi connectivity index (χ0v) is 10.2. The summed E-state index contributed by atoms with van der Waals surface area (Å²) in [5, 5.41) is 0. The molecule has 0 spiro atoms. The van der Waals surface area contributed by atoms with E-state index in [1.54, 1.807) is 0 Å². The van der Waals surface area contributed by atoms with Gasteiger partial charge in [-0.2, -0.15) is 0 Å². The molecule has 2 nitrogen and oxygen atoms in total. The van der Waals surface area contributed by atoms with Crippen LogP contribution < -0.4 is 0 Å². The third-order valence-electron chi connectivity index (χ3n) is 1.61. The van der Waals surface area contributed by atoms with E-state index >= 15 is 0 Å². The standard InChI is InChI=1S/C9H22O2Si/c1-7-12(6,10-8(2)3)11-9(4)5/h8-9H,7H2,1-6H3. The normalized spacial score (nSPS) is 13.0. The van der Waals surface area contributed by atoms with Crippen LogP contribution in [0.2, 0.25) is 12.6 Å². The molecule has 0 aliphatic rings. The highest BCUT2D eigenvalue weighted by atomic mass is 28.4. The SMILES string of the molecule is CC[Si](C)(OC(C)C)OC(C)C. The summed E-state index contributed by atoms with van der Waals surface area (Å²) in [5.41, 5.74) is 0. The highest BCUT2D eigenvalue weighted by molar-refractivity contribution is 6.66. The monoisotopic (exact) mass is 190 g/mol. The van der Waals surface area contributed by atoms with Crippen molar-refractivity contribution < 1.29 is 8.85 Å². The van der Waals surface area contributed by atoms with Crippen LogP contribution in [0.5, 0.6) is 0 Å². The first-order chi connectivity index (χ1) is 5.39.